The zero-order valence-corrected chi connectivity index (χ0v) is 12.3. The van der Waals surface area contributed by atoms with Crippen LogP contribution in [-0.4, -0.2) is 12.7 Å². The maximum atomic E-state index is 13.8. The third-order valence-electron chi connectivity index (χ3n) is 3.82. The number of rotatable bonds is 3. The number of hydrogen-bond acceptors (Lipinski definition) is 1. The number of ether oxygens (including phenoxy) is 1. The smallest absolute Gasteiger partial charge is 0.374 e. The van der Waals surface area contributed by atoms with Crippen LogP contribution in [0, 0.1) is 18.7 Å². The van der Waals surface area contributed by atoms with Crippen molar-refractivity contribution in [2.24, 2.45) is 5.92 Å². The summed E-state index contributed by atoms with van der Waals surface area (Å²) >= 11 is 0. The van der Waals surface area contributed by atoms with Crippen molar-refractivity contribution in [3.8, 4) is 0 Å². The van der Waals surface area contributed by atoms with Crippen molar-refractivity contribution in [2.45, 2.75) is 32.0 Å². The predicted molar refractivity (Wildman–Crippen MR) is 77.8 cm³/mol. The second-order valence-electron chi connectivity index (χ2n) is 5.46. The van der Waals surface area contributed by atoms with E-state index in [1.807, 2.05) is 6.08 Å². The summed E-state index contributed by atoms with van der Waals surface area (Å²) in [7, 11) is 0. The van der Waals surface area contributed by atoms with Crippen molar-refractivity contribution in [2.75, 3.05) is 6.61 Å². The van der Waals surface area contributed by atoms with Crippen LogP contribution in [0.5, 0.6) is 0 Å². The SMILES string of the molecule is C=CC1CCC(/C=C/c2ccc(C)c(F)c2C(F)(F)F)OC1. The summed E-state index contributed by atoms with van der Waals surface area (Å²) < 4.78 is 58.5. The molecule has 120 valence electrons. The van der Waals surface area contributed by atoms with Crippen LogP contribution < -0.4 is 0 Å². The molecule has 22 heavy (non-hydrogen) atoms. The normalized spacial score (nSPS) is 23.0. The minimum Gasteiger partial charge on any atom is -0.374 e. The molecule has 1 aromatic carbocycles. The molecule has 1 aromatic rings. The van der Waals surface area contributed by atoms with Gasteiger partial charge in [-0.25, -0.2) is 4.39 Å². The minimum absolute atomic E-state index is 0.0211. The molecule has 1 saturated heterocycles. The summed E-state index contributed by atoms with van der Waals surface area (Å²) in [5.74, 6) is -0.932. The minimum atomic E-state index is -4.73. The zero-order chi connectivity index (χ0) is 16.3. The van der Waals surface area contributed by atoms with Gasteiger partial charge in [0.15, 0.2) is 0 Å². The van der Waals surface area contributed by atoms with Gasteiger partial charge in [0.05, 0.1) is 18.3 Å². The highest BCUT2D eigenvalue weighted by Crippen LogP contribution is 2.36. The highest BCUT2D eigenvalue weighted by atomic mass is 19.4. The third kappa shape index (κ3) is 3.77. The van der Waals surface area contributed by atoms with E-state index in [0.29, 0.717) is 13.0 Å². The van der Waals surface area contributed by atoms with Crippen molar-refractivity contribution in [3.63, 3.8) is 0 Å². The van der Waals surface area contributed by atoms with E-state index in [9.17, 15) is 17.6 Å². The molecule has 0 N–H and O–H groups in total. The molecule has 0 amide bonds. The second-order valence-corrected chi connectivity index (χ2v) is 5.46. The van der Waals surface area contributed by atoms with Crippen molar-refractivity contribution in [1.82, 2.24) is 0 Å². The first-order chi connectivity index (χ1) is 10.3. The van der Waals surface area contributed by atoms with Gasteiger partial charge in [0.1, 0.15) is 5.82 Å². The average molecular weight is 314 g/mol. The largest absolute Gasteiger partial charge is 0.419 e. The molecule has 0 aliphatic carbocycles. The van der Waals surface area contributed by atoms with Crippen LogP contribution in [-0.2, 0) is 10.9 Å². The molecule has 0 aromatic heterocycles. The lowest BCUT2D eigenvalue weighted by molar-refractivity contribution is -0.140. The van der Waals surface area contributed by atoms with Crippen molar-refractivity contribution >= 4 is 6.08 Å². The quantitative estimate of drug-likeness (QED) is 0.554. The molecule has 1 aliphatic rings. The summed E-state index contributed by atoms with van der Waals surface area (Å²) in [5, 5.41) is 0. The van der Waals surface area contributed by atoms with E-state index < -0.39 is 17.6 Å². The Morgan fingerprint density at radius 3 is 2.55 bits per heavy atom. The Bertz CT molecular complexity index is 567. The molecular formula is C17H18F4O. The summed E-state index contributed by atoms with van der Waals surface area (Å²) in [6, 6.07) is 2.63. The fraction of sp³-hybridized carbons (Fsp3) is 0.412. The van der Waals surface area contributed by atoms with E-state index in [2.05, 4.69) is 6.58 Å². The van der Waals surface area contributed by atoms with Crippen molar-refractivity contribution in [1.29, 1.82) is 0 Å². The number of alkyl halides is 3. The molecule has 5 heteroatoms. The van der Waals surface area contributed by atoms with Crippen LogP contribution in [0.15, 0.2) is 30.9 Å². The Hall–Kier alpha value is -1.62. The van der Waals surface area contributed by atoms with Crippen LogP contribution >= 0.6 is 0 Å². The molecule has 0 radical (unpaired) electrons. The van der Waals surface area contributed by atoms with E-state index in [4.69, 9.17) is 4.74 Å². The number of benzene rings is 1. The molecule has 0 spiro atoms. The summed E-state index contributed by atoms with van der Waals surface area (Å²) in [6.07, 6.45) is 1.30. The zero-order valence-electron chi connectivity index (χ0n) is 12.3. The van der Waals surface area contributed by atoms with Gasteiger partial charge >= 0.3 is 6.18 Å². The monoisotopic (exact) mass is 314 g/mol. The maximum absolute atomic E-state index is 13.8. The molecule has 2 unspecified atom stereocenters. The van der Waals surface area contributed by atoms with Crippen LogP contribution in [0.4, 0.5) is 17.6 Å². The van der Waals surface area contributed by atoms with Crippen LogP contribution in [0.2, 0.25) is 0 Å². The van der Waals surface area contributed by atoms with Crippen LogP contribution in [0.25, 0.3) is 6.08 Å². The molecule has 2 atom stereocenters. The highest BCUT2D eigenvalue weighted by molar-refractivity contribution is 5.56. The Morgan fingerprint density at radius 2 is 2.00 bits per heavy atom. The first kappa shape index (κ1) is 16.7. The van der Waals surface area contributed by atoms with Gasteiger partial charge in [0.25, 0.3) is 0 Å². The Kier molecular flexibility index (Phi) is 5.06. The average Bonchev–Trinajstić information content (AvgIpc) is 2.47. The van der Waals surface area contributed by atoms with Gasteiger partial charge in [-0.15, -0.1) is 6.58 Å². The van der Waals surface area contributed by atoms with Crippen LogP contribution in [0.1, 0.15) is 29.5 Å². The van der Waals surface area contributed by atoms with Crippen molar-refractivity contribution < 1.29 is 22.3 Å². The Balaban J connectivity index is 2.21. The molecule has 1 nitrogen and oxygen atoms in total. The van der Waals surface area contributed by atoms with Crippen LogP contribution in [0.3, 0.4) is 0 Å². The van der Waals surface area contributed by atoms with Gasteiger partial charge in [-0.3, -0.25) is 0 Å². The molecule has 1 fully saturated rings. The number of hydrogen-bond donors (Lipinski definition) is 0. The van der Waals surface area contributed by atoms with Gasteiger partial charge in [-0.2, -0.15) is 13.2 Å². The second kappa shape index (κ2) is 6.65. The van der Waals surface area contributed by atoms with Crippen molar-refractivity contribution in [3.05, 3.63) is 53.4 Å². The summed E-state index contributed by atoms with van der Waals surface area (Å²) in [6.45, 7) is 5.52. The van der Waals surface area contributed by atoms with Gasteiger partial charge in [0.2, 0.25) is 0 Å². The van der Waals surface area contributed by atoms with Gasteiger partial charge < -0.3 is 4.74 Å². The maximum Gasteiger partial charge on any atom is 0.419 e. The number of halogens is 4. The molecule has 1 aliphatic heterocycles. The molecule has 1 heterocycles. The Morgan fingerprint density at radius 1 is 1.27 bits per heavy atom. The predicted octanol–water partition coefficient (Wildman–Crippen LogP) is 5.15. The molecule has 0 saturated carbocycles. The van der Waals surface area contributed by atoms with E-state index in [0.717, 1.165) is 6.42 Å². The first-order valence-electron chi connectivity index (χ1n) is 7.11. The lowest BCUT2D eigenvalue weighted by atomic mass is 9.97. The fourth-order valence-electron chi connectivity index (χ4n) is 2.46. The molecular weight excluding hydrogens is 296 g/mol. The highest BCUT2D eigenvalue weighted by Gasteiger charge is 2.37. The first-order valence-corrected chi connectivity index (χ1v) is 7.11. The summed E-state index contributed by atoms with van der Waals surface area (Å²) in [4.78, 5) is 0. The fourth-order valence-corrected chi connectivity index (χ4v) is 2.46. The van der Waals surface area contributed by atoms with E-state index in [-0.39, 0.29) is 23.1 Å². The van der Waals surface area contributed by atoms with Gasteiger partial charge in [0, 0.05) is 5.92 Å². The molecule has 2 rings (SSSR count). The topological polar surface area (TPSA) is 9.23 Å². The molecule has 0 bridgehead atoms. The lowest BCUT2D eigenvalue weighted by Crippen LogP contribution is -2.23. The van der Waals surface area contributed by atoms with E-state index in [1.54, 1.807) is 6.08 Å². The summed E-state index contributed by atoms with van der Waals surface area (Å²) in [5.41, 5.74) is -1.42. The van der Waals surface area contributed by atoms with E-state index in [1.165, 1.54) is 25.1 Å². The third-order valence-corrected chi connectivity index (χ3v) is 3.82. The number of aryl methyl sites for hydroxylation is 1. The van der Waals surface area contributed by atoms with Gasteiger partial charge in [-0.05, 0) is 30.9 Å². The standard InChI is InChI=1S/C17H18F4O/c1-3-12-5-8-14(22-10-12)9-7-13-6-4-11(2)16(18)15(13)17(19,20)21/h3-4,6-7,9,12,14H,1,5,8,10H2,2H3/b9-7+. The Labute approximate surface area is 127 Å². The van der Waals surface area contributed by atoms with Gasteiger partial charge in [-0.1, -0.05) is 30.4 Å². The van der Waals surface area contributed by atoms with E-state index >= 15 is 0 Å². The lowest BCUT2D eigenvalue weighted by Gasteiger charge is -2.25.